The molecule has 0 amide bonds. The molecule has 1 N–H and O–H groups in total. The van der Waals surface area contributed by atoms with Crippen LogP contribution in [0.25, 0.3) is 0 Å². The molecular formula is C11H21NS. The minimum absolute atomic E-state index is 0.789. The molecule has 1 saturated heterocycles. The first-order valence-corrected chi connectivity index (χ1v) is 6.78. The largest absolute Gasteiger partial charge is 0.305 e. The Hall–Kier alpha value is 0.310. The molecule has 1 saturated carbocycles. The van der Waals surface area contributed by atoms with Crippen molar-refractivity contribution in [2.24, 2.45) is 0 Å². The normalized spacial score (nSPS) is 31.8. The van der Waals surface area contributed by atoms with Gasteiger partial charge in [0, 0.05) is 5.25 Å². The lowest BCUT2D eigenvalue weighted by molar-refractivity contribution is 0.478. The first-order valence-electron chi connectivity index (χ1n) is 5.84. The maximum atomic E-state index is 3.63. The van der Waals surface area contributed by atoms with Gasteiger partial charge in [0.25, 0.3) is 0 Å². The summed E-state index contributed by atoms with van der Waals surface area (Å²) in [7, 11) is 0. The van der Waals surface area contributed by atoms with Crippen molar-refractivity contribution in [2.45, 2.75) is 62.0 Å². The van der Waals surface area contributed by atoms with Crippen LogP contribution in [0.2, 0.25) is 0 Å². The Morgan fingerprint density at radius 1 is 0.846 bits per heavy atom. The molecule has 1 heterocycles. The van der Waals surface area contributed by atoms with Gasteiger partial charge in [0.05, 0.1) is 5.37 Å². The average Bonchev–Trinajstić information content (AvgIpc) is 2.21. The van der Waals surface area contributed by atoms with Gasteiger partial charge in [0.1, 0.15) is 0 Å². The molecule has 0 bridgehead atoms. The van der Waals surface area contributed by atoms with Crippen molar-refractivity contribution in [1.82, 2.24) is 5.32 Å². The Morgan fingerprint density at radius 2 is 1.62 bits per heavy atom. The Balaban J connectivity index is 1.69. The summed E-state index contributed by atoms with van der Waals surface area (Å²) in [4.78, 5) is 0. The Morgan fingerprint density at radius 3 is 2.31 bits per heavy atom. The zero-order chi connectivity index (χ0) is 8.93. The van der Waals surface area contributed by atoms with Crippen molar-refractivity contribution in [3.63, 3.8) is 0 Å². The van der Waals surface area contributed by atoms with E-state index in [0.29, 0.717) is 0 Å². The van der Waals surface area contributed by atoms with Gasteiger partial charge >= 0.3 is 0 Å². The van der Waals surface area contributed by atoms with Gasteiger partial charge in [-0.05, 0) is 38.6 Å². The molecule has 76 valence electrons. The molecule has 0 radical (unpaired) electrons. The smallest absolute Gasteiger partial charge is 0.0534 e. The van der Waals surface area contributed by atoms with E-state index < -0.39 is 0 Å². The van der Waals surface area contributed by atoms with Crippen LogP contribution < -0.4 is 5.32 Å². The summed E-state index contributed by atoms with van der Waals surface area (Å²) in [6.45, 7) is 1.25. The summed E-state index contributed by atoms with van der Waals surface area (Å²) < 4.78 is 0. The summed E-state index contributed by atoms with van der Waals surface area (Å²) in [6, 6.07) is 0. The minimum atomic E-state index is 0.789. The summed E-state index contributed by atoms with van der Waals surface area (Å²) in [5, 5.41) is 5.39. The topological polar surface area (TPSA) is 12.0 Å². The van der Waals surface area contributed by atoms with E-state index in [9.17, 15) is 0 Å². The van der Waals surface area contributed by atoms with Crippen molar-refractivity contribution in [3.05, 3.63) is 0 Å². The fourth-order valence-electron chi connectivity index (χ4n) is 2.37. The van der Waals surface area contributed by atoms with Gasteiger partial charge < -0.3 is 5.32 Å². The van der Waals surface area contributed by atoms with Crippen LogP contribution in [-0.4, -0.2) is 17.2 Å². The number of hydrogen-bond donors (Lipinski definition) is 1. The molecule has 13 heavy (non-hydrogen) atoms. The lowest BCUT2D eigenvalue weighted by Crippen LogP contribution is -2.33. The molecule has 1 unspecified atom stereocenters. The van der Waals surface area contributed by atoms with Gasteiger partial charge in [-0.3, -0.25) is 0 Å². The summed E-state index contributed by atoms with van der Waals surface area (Å²) >= 11 is 2.23. The van der Waals surface area contributed by atoms with Gasteiger partial charge in [-0.15, -0.1) is 11.8 Å². The van der Waals surface area contributed by atoms with Crippen LogP contribution in [0.4, 0.5) is 0 Å². The molecule has 1 aliphatic carbocycles. The second-order valence-electron chi connectivity index (χ2n) is 4.33. The van der Waals surface area contributed by atoms with Crippen LogP contribution in [0.5, 0.6) is 0 Å². The standard InChI is InChI=1S/C11H21NS/c1-2-6-10(7-3-1)13-11-8-4-5-9-12-11/h10-12H,1-9H2. The van der Waals surface area contributed by atoms with Gasteiger partial charge in [-0.2, -0.15) is 0 Å². The second-order valence-corrected chi connectivity index (χ2v) is 5.84. The van der Waals surface area contributed by atoms with Crippen LogP contribution >= 0.6 is 11.8 Å². The van der Waals surface area contributed by atoms with Crippen molar-refractivity contribution < 1.29 is 0 Å². The minimum Gasteiger partial charge on any atom is -0.305 e. The molecule has 2 fully saturated rings. The van der Waals surface area contributed by atoms with Gasteiger partial charge in [-0.1, -0.05) is 19.3 Å². The van der Waals surface area contributed by atoms with E-state index in [1.54, 1.807) is 0 Å². The number of nitrogens with one attached hydrogen (secondary N) is 1. The molecule has 2 aliphatic rings. The maximum absolute atomic E-state index is 3.63. The van der Waals surface area contributed by atoms with E-state index in [-0.39, 0.29) is 0 Å². The van der Waals surface area contributed by atoms with E-state index in [0.717, 1.165) is 10.6 Å². The average molecular weight is 199 g/mol. The molecule has 0 aromatic heterocycles. The van der Waals surface area contributed by atoms with Crippen LogP contribution in [0.15, 0.2) is 0 Å². The van der Waals surface area contributed by atoms with E-state index in [4.69, 9.17) is 0 Å². The number of rotatable bonds is 2. The molecule has 0 aromatic carbocycles. The van der Waals surface area contributed by atoms with E-state index >= 15 is 0 Å². The van der Waals surface area contributed by atoms with Crippen molar-refractivity contribution >= 4 is 11.8 Å². The van der Waals surface area contributed by atoms with E-state index in [1.807, 2.05) is 0 Å². The van der Waals surface area contributed by atoms with Crippen molar-refractivity contribution in [1.29, 1.82) is 0 Å². The first kappa shape index (κ1) is 9.85. The van der Waals surface area contributed by atoms with Crippen LogP contribution in [0.1, 0.15) is 51.4 Å². The van der Waals surface area contributed by atoms with E-state index in [2.05, 4.69) is 17.1 Å². The summed E-state index contributed by atoms with van der Waals surface area (Å²) in [6.07, 6.45) is 11.6. The molecule has 1 nitrogen and oxygen atoms in total. The number of piperidine rings is 1. The monoisotopic (exact) mass is 199 g/mol. The molecule has 0 aromatic rings. The Kier molecular flexibility index (Phi) is 3.98. The zero-order valence-electron chi connectivity index (χ0n) is 8.43. The maximum Gasteiger partial charge on any atom is 0.0534 e. The van der Waals surface area contributed by atoms with Crippen LogP contribution in [0.3, 0.4) is 0 Å². The van der Waals surface area contributed by atoms with Crippen LogP contribution in [0, 0.1) is 0 Å². The van der Waals surface area contributed by atoms with Crippen LogP contribution in [-0.2, 0) is 0 Å². The third-order valence-electron chi connectivity index (χ3n) is 3.17. The first-order chi connectivity index (χ1) is 6.45. The molecular weight excluding hydrogens is 178 g/mol. The molecule has 2 rings (SSSR count). The molecule has 1 aliphatic heterocycles. The van der Waals surface area contributed by atoms with Gasteiger partial charge in [-0.25, -0.2) is 0 Å². The lowest BCUT2D eigenvalue weighted by atomic mass is 10.0. The predicted octanol–water partition coefficient (Wildman–Crippen LogP) is 3.15. The second kappa shape index (κ2) is 5.26. The predicted molar refractivity (Wildman–Crippen MR) is 60.1 cm³/mol. The third kappa shape index (κ3) is 3.17. The number of thioether (sulfide) groups is 1. The highest BCUT2D eigenvalue weighted by Gasteiger charge is 2.20. The fourth-order valence-corrected chi connectivity index (χ4v) is 3.96. The fraction of sp³-hybridized carbons (Fsp3) is 1.00. The van der Waals surface area contributed by atoms with Crippen molar-refractivity contribution in [3.8, 4) is 0 Å². The lowest BCUT2D eigenvalue weighted by Gasteiger charge is -2.29. The highest BCUT2D eigenvalue weighted by Crippen LogP contribution is 2.32. The van der Waals surface area contributed by atoms with E-state index in [1.165, 1.54) is 57.9 Å². The van der Waals surface area contributed by atoms with Gasteiger partial charge in [0.2, 0.25) is 0 Å². The Labute approximate surface area is 86.0 Å². The van der Waals surface area contributed by atoms with Crippen molar-refractivity contribution in [2.75, 3.05) is 6.54 Å². The third-order valence-corrected chi connectivity index (χ3v) is 4.76. The molecule has 1 atom stereocenters. The highest BCUT2D eigenvalue weighted by molar-refractivity contribution is 8.00. The SMILES string of the molecule is C1CCC(SC2CCCCN2)CC1. The molecule has 0 spiro atoms. The molecule has 2 heteroatoms. The summed E-state index contributed by atoms with van der Waals surface area (Å²) in [5.41, 5.74) is 0. The Bertz CT molecular complexity index is 121. The number of hydrogen-bond acceptors (Lipinski definition) is 2. The quantitative estimate of drug-likeness (QED) is 0.733. The zero-order valence-corrected chi connectivity index (χ0v) is 9.24. The summed E-state index contributed by atoms with van der Waals surface area (Å²) in [5.74, 6) is 0. The highest BCUT2D eigenvalue weighted by atomic mass is 32.2. The van der Waals surface area contributed by atoms with Gasteiger partial charge in [0.15, 0.2) is 0 Å².